The number of nitrogens with one attached hydrogen (secondary N) is 1. The normalized spacial score (nSPS) is 13.6. The number of nitrogens with zero attached hydrogens (tertiary/aromatic N) is 1. The lowest BCUT2D eigenvalue weighted by molar-refractivity contribution is -0.488. The molecule has 0 saturated heterocycles. The van der Waals surface area contributed by atoms with Gasteiger partial charge in [0.15, 0.2) is 0 Å². The highest BCUT2D eigenvalue weighted by Crippen LogP contribution is 2.43. The van der Waals surface area contributed by atoms with Crippen molar-refractivity contribution in [3.63, 3.8) is 0 Å². The van der Waals surface area contributed by atoms with Crippen molar-refractivity contribution in [1.29, 1.82) is 0 Å². The van der Waals surface area contributed by atoms with Crippen molar-refractivity contribution in [3.05, 3.63) is 107 Å². The monoisotopic (exact) mass is 394 g/mol. The average molecular weight is 394 g/mol. The Morgan fingerprint density at radius 3 is 1.71 bits per heavy atom. The van der Waals surface area contributed by atoms with Crippen LogP contribution >= 0.6 is 7.29 Å². The first kappa shape index (κ1) is 20.0. The highest BCUT2D eigenvalue weighted by Gasteiger charge is 2.34. The molecular weight excluding hydrogens is 371 g/mol. The predicted octanol–water partition coefficient (Wildman–Crippen LogP) is 4.16. The molecule has 0 aliphatic carbocycles. The van der Waals surface area contributed by atoms with E-state index >= 15 is 0 Å². The Morgan fingerprint density at radius 1 is 0.857 bits per heavy atom. The highest BCUT2D eigenvalue weighted by atomic mass is 31.2. The van der Waals surface area contributed by atoms with Crippen molar-refractivity contribution < 1.29 is 9.49 Å². The number of rotatable bonds is 8. The third kappa shape index (κ3) is 4.56. The van der Waals surface area contributed by atoms with Crippen LogP contribution in [0.4, 0.5) is 0 Å². The van der Waals surface area contributed by atoms with E-state index in [0.29, 0.717) is 10.6 Å². The lowest BCUT2D eigenvalue weighted by Gasteiger charge is -2.29. The summed E-state index contributed by atoms with van der Waals surface area (Å²) in [6, 6.07) is 27.6. The van der Waals surface area contributed by atoms with Crippen molar-refractivity contribution in [2.75, 3.05) is 6.54 Å². The summed E-state index contributed by atoms with van der Waals surface area (Å²) in [4.78, 5) is 10.8. The topological polar surface area (TPSA) is 72.2 Å². The molecule has 0 aliphatic rings. The standard InChI is InChI=1S/C22H23N2O3P/c1-18(17-24(25)26)22(19-11-5-2-6-12-19)23-28(27,20-13-7-3-8-14-20)21-15-9-4-10-16-21/h2-16,18,22H,17H2,1H3,(H,23,27). The highest BCUT2D eigenvalue weighted by molar-refractivity contribution is 7.76. The van der Waals surface area contributed by atoms with Crippen LogP contribution in [0.5, 0.6) is 0 Å². The van der Waals surface area contributed by atoms with E-state index in [1.165, 1.54) is 0 Å². The van der Waals surface area contributed by atoms with Crippen LogP contribution in [-0.2, 0) is 4.57 Å². The quantitative estimate of drug-likeness (QED) is 0.354. The second kappa shape index (κ2) is 8.96. The fourth-order valence-corrected chi connectivity index (χ4v) is 5.88. The molecule has 144 valence electrons. The van der Waals surface area contributed by atoms with Crippen LogP contribution in [0.3, 0.4) is 0 Å². The van der Waals surface area contributed by atoms with Gasteiger partial charge in [0.2, 0.25) is 13.8 Å². The Kier molecular flexibility index (Phi) is 6.40. The van der Waals surface area contributed by atoms with Gasteiger partial charge in [0.25, 0.3) is 0 Å². The molecule has 0 amide bonds. The minimum atomic E-state index is -3.22. The fraction of sp³-hybridized carbons (Fsp3) is 0.182. The Labute approximate surface area is 165 Å². The molecule has 3 aromatic rings. The van der Waals surface area contributed by atoms with Gasteiger partial charge in [-0.1, -0.05) is 73.7 Å². The summed E-state index contributed by atoms with van der Waals surface area (Å²) in [7, 11) is -3.22. The first-order chi connectivity index (χ1) is 13.5. The molecule has 1 N–H and O–H groups in total. The van der Waals surface area contributed by atoms with Crippen molar-refractivity contribution in [2.24, 2.45) is 5.92 Å². The maximum absolute atomic E-state index is 14.3. The Morgan fingerprint density at radius 2 is 1.29 bits per heavy atom. The van der Waals surface area contributed by atoms with E-state index in [1.54, 1.807) is 0 Å². The molecule has 0 heterocycles. The molecule has 0 bridgehead atoms. The fourth-order valence-electron chi connectivity index (χ4n) is 3.30. The summed E-state index contributed by atoms with van der Waals surface area (Å²) in [5, 5.41) is 15.8. The third-order valence-corrected chi connectivity index (χ3v) is 7.42. The second-order valence-corrected chi connectivity index (χ2v) is 9.30. The minimum Gasteiger partial charge on any atom is -0.297 e. The molecule has 5 nitrogen and oxygen atoms in total. The SMILES string of the molecule is CC(C[N+](=O)[O-])C(NP(=O)(c1ccccc1)c1ccccc1)c1ccccc1. The zero-order valence-corrected chi connectivity index (χ0v) is 16.5. The van der Waals surface area contributed by atoms with E-state index in [9.17, 15) is 14.7 Å². The molecule has 0 aromatic heterocycles. The smallest absolute Gasteiger partial charge is 0.208 e. The largest absolute Gasteiger partial charge is 0.297 e. The Bertz CT molecular complexity index is 906. The Balaban J connectivity index is 2.08. The number of benzene rings is 3. The number of hydrogen-bond donors (Lipinski definition) is 1. The van der Waals surface area contributed by atoms with Crippen molar-refractivity contribution >= 4 is 17.9 Å². The molecule has 2 unspecified atom stereocenters. The predicted molar refractivity (Wildman–Crippen MR) is 113 cm³/mol. The first-order valence-corrected chi connectivity index (χ1v) is 10.9. The molecule has 3 aromatic carbocycles. The van der Waals surface area contributed by atoms with E-state index in [-0.39, 0.29) is 17.4 Å². The van der Waals surface area contributed by atoms with Crippen LogP contribution in [0.15, 0.2) is 91.0 Å². The second-order valence-electron chi connectivity index (χ2n) is 6.79. The molecule has 0 fully saturated rings. The summed E-state index contributed by atoms with van der Waals surface area (Å²) < 4.78 is 14.3. The lowest BCUT2D eigenvalue weighted by atomic mass is 9.95. The van der Waals surface area contributed by atoms with Gasteiger partial charge < -0.3 is 0 Å². The van der Waals surface area contributed by atoms with E-state index in [2.05, 4.69) is 5.09 Å². The summed E-state index contributed by atoms with van der Waals surface area (Å²) in [5.74, 6) is -0.349. The van der Waals surface area contributed by atoms with Crippen LogP contribution in [-0.4, -0.2) is 11.5 Å². The minimum absolute atomic E-state index is 0.212. The molecule has 0 aliphatic heterocycles. The zero-order valence-electron chi connectivity index (χ0n) is 15.6. The van der Waals surface area contributed by atoms with Gasteiger partial charge in [-0.25, -0.2) is 0 Å². The molecule has 3 rings (SSSR count). The lowest BCUT2D eigenvalue weighted by Crippen LogP contribution is -2.35. The summed E-state index contributed by atoms with van der Waals surface area (Å²) in [5.41, 5.74) is 0.879. The molecule has 2 atom stereocenters. The van der Waals surface area contributed by atoms with Gasteiger partial charge in [0.1, 0.15) is 0 Å². The van der Waals surface area contributed by atoms with Crippen LogP contribution in [0.2, 0.25) is 0 Å². The maximum Gasteiger partial charge on any atom is 0.208 e. The van der Waals surface area contributed by atoms with E-state index < -0.39 is 13.3 Å². The van der Waals surface area contributed by atoms with Gasteiger partial charge in [0, 0.05) is 27.5 Å². The van der Waals surface area contributed by atoms with Crippen molar-refractivity contribution in [3.8, 4) is 0 Å². The van der Waals surface area contributed by atoms with Crippen LogP contribution in [0, 0.1) is 16.0 Å². The Hall–Kier alpha value is -2.75. The van der Waals surface area contributed by atoms with E-state index in [1.807, 2.05) is 97.9 Å². The molecule has 6 heteroatoms. The van der Waals surface area contributed by atoms with E-state index in [4.69, 9.17) is 0 Å². The average Bonchev–Trinajstić information content (AvgIpc) is 2.73. The van der Waals surface area contributed by atoms with Gasteiger partial charge in [-0.3, -0.25) is 19.8 Å². The van der Waals surface area contributed by atoms with Gasteiger partial charge in [-0.2, -0.15) is 0 Å². The number of hydrogen-bond acceptors (Lipinski definition) is 3. The van der Waals surface area contributed by atoms with Gasteiger partial charge in [-0.05, 0) is 29.8 Å². The zero-order chi connectivity index (χ0) is 20.0. The van der Waals surface area contributed by atoms with Crippen molar-refractivity contribution in [1.82, 2.24) is 5.09 Å². The van der Waals surface area contributed by atoms with Gasteiger partial charge in [-0.15, -0.1) is 0 Å². The van der Waals surface area contributed by atoms with Crippen LogP contribution in [0.25, 0.3) is 0 Å². The molecular formula is C22H23N2O3P. The van der Waals surface area contributed by atoms with Gasteiger partial charge >= 0.3 is 0 Å². The third-order valence-electron chi connectivity index (χ3n) is 4.73. The summed E-state index contributed by atoms with van der Waals surface area (Å²) in [6.45, 7) is 1.60. The molecule has 0 spiro atoms. The van der Waals surface area contributed by atoms with Crippen molar-refractivity contribution in [2.45, 2.75) is 13.0 Å². The first-order valence-electron chi connectivity index (χ1n) is 9.16. The molecule has 0 radical (unpaired) electrons. The summed E-state index contributed by atoms with van der Waals surface area (Å²) in [6.07, 6.45) is 0. The van der Waals surface area contributed by atoms with Gasteiger partial charge in [0.05, 0.1) is 0 Å². The van der Waals surface area contributed by atoms with Crippen LogP contribution in [0.1, 0.15) is 18.5 Å². The van der Waals surface area contributed by atoms with E-state index in [0.717, 1.165) is 5.56 Å². The number of nitro groups is 1. The summed E-state index contributed by atoms with van der Waals surface area (Å²) >= 11 is 0. The molecule has 28 heavy (non-hydrogen) atoms. The molecule has 0 saturated carbocycles. The van der Waals surface area contributed by atoms with Crippen LogP contribution < -0.4 is 15.7 Å². The maximum atomic E-state index is 14.3.